The quantitative estimate of drug-likeness (QED) is 0.823. The lowest BCUT2D eigenvalue weighted by atomic mass is 10.3. The highest BCUT2D eigenvalue weighted by atomic mass is 35.5. The number of aromatic nitrogens is 2. The van der Waals surface area contributed by atoms with Crippen LogP contribution in [0, 0.1) is 0 Å². The Bertz CT molecular complexity index is 516. The molecule has 0 aromatic carbocycles. The molecule has 0 aliphatic rings. The predicted octanol–water partition coefficient (Wildman–Crippen LogP) is 3.78. The Morgan fingerprint density at radius 2 is 2.16 bits per heavy atom. The Kier molecular flexibility index (Phi) is 5.63. The molecule has 2 aromatic rings. The summed E-state index contributed by atoms with van der Waals surface area (Å²) in [5.41, 5.74) is 1.19. The molecule has 0 radical (unpaired) electrons. The van der Waals surface area contributed by atoms with Crippen molar-refractivity contribution in [2.24, 2.45) is 0 Å². The lowest BCUT2D eigenvalue weighted by Gasteiger charge is -2.05. The van der Waals surface area contributed by atoms with E-state index in [0.717, 1.165) is 29.6 Å². The van der Waals surface area contributed by atoms with E-state index in [1.165, 1.54) is 17.3 Å². The third kappa shape index (κ3) is 4.49. The summed E-state index contributed by atoms with van der Waals surface area (Å²) in [5, 5.41) is 5.69. The molecule has 0 saturated carbocycles. The number of hydrogen-bond acceptors (Lipinski definition) is 4. The number of rotatable bonds is 6. The van der Waals surface area contributed by atoms with Gasteiger partial charge in [-0.1, -0.05) is 24.6 Å². The molecule has 0 bridgehead atoms. The Morgan fingerprint density at radius 1 is 1.26 bits per heavy atom. The molecule has 0 unspecified atom stereocenters. The second-order valence-corrected chi connectivity index (χ2v) is 5.49. The van der Waals surface area contributed by atoms with Crippen molar-refractivity contribution in [1.82, 2.24) is 15.3 Å². The molecular formula is C14H16ClN3S. The van der Waals surface area contributed by atoms with Gasteiger partial charge >= 0.3 is 0 Å². The average Bonchev–Trinajstić information content (AvgIpc) is 2.44. The normalized spacial score (nSPS) is 10.6. The van der Waals surface area contributed by atoms with Gasteiger partial charge in [0.1, 0.15) is 10.1 Å². The zero-order chi connectivity index (χ0) is 13.5. The standard InChI is InChI=1S/C14H16ClN3S/c1-2-7-16-9-11-5-6-13(18-10-11)19-14-12(15)4-3-8-17-14/h3-6,8,10,16H,2,7,9H2,1H3. The zero-order valence-electron chi connectivity index (χ0n) is 10.8. The van der Waals surface area contributed by atoms with Crippen LogP contribution in [0.2, 0.25) is 5.02 Å². The van der Waals surface area contributed by atoms with E-state index in [2.05, 4.69) is 28.3 Å². The second kappa shape index (κ2) is 7.48. The molecule has 100 valence electrons. The van der Waals surface area contributed by atoms with Gasteiger partial charge in [-0.2, -0.15) is 0 Å². The third-order valence-corrected chi connectivity index (χ3v) is 3.87. The van der Waals surface area contributed by atoms with Crippen LogP contribution in [0.4, 0.5) is 0 Å². The minimum absolute atomic E-state index is 0.656. The lowest BCUT2D eigenvalue weighted by Crippen LogP contribution is -2.13. The van der Waals surface area contributed by atoms with E-state index >= 15 is 0 Å². The fourth-order valence-electron chi connectivity index (χ4n) is 1.53. The van der Waals surface area contributed by atoms with Crippen LogP contribution >= 0.6 is 23.4 Å². The third-order valence-electron chi connectivity index (χ3n) is 2.48. The minimum atomic E-state index is 0.656. The highest BCUT2D eigenvalue weighted by molar-refractivity contribution is 7.99. The van der Waals surface area contributed by atoms with Gasteiger partial charge in [0, 0.05) is 18.9 Å². The molecule has 19 heavy (non-hydrogen) atoms. The molecule has 0 aliphatic carbocycles. The molecule has 5 heteroatoms. The Labute approximate surface area is 122 Å². The van der Waals surface area contributed by atoms with E-state index in [0.29, 0.717) is 5.02 Å². The molecule has 2 aromatic heterocycles. The van der Waals surface area contributed by atoms with Crippen molar-refractivity contribution in [2.75, 3.05) is 6.54 Å². The van der Waals surface area contributed by atoms with Crippen molar-refractivity contribution < 1.29 is 0 Å². The van der Waals surface area contributed by atoms with Gasteiger partial charge in [-0.3, -0.25) is 0 Å². The Hall–Kier alpha value is -1.10. The second-order valence-electron chi connectivity index (χ2n) is 4.07. The molecule has 2 rings (SSSR count). The molecule has 0 spiro atoms. The SMILES string of the molecule is CCCNCc1ccc(Sc2ncccc2Cl)nc1. The molecule has 3 nitrogen and oxygen atoms in total. The summed E-state index contributed by atoms with van der Waals surface area (Å²) in [7, 11) is 0. The summed E-state index contributed by atoms with van der Waals surface area (Å²) in [4.78, 5) is 8.65. The first-order chi connectivity index (χ1) is 9.29. The van der Waals surface area contributed by atoms with Gasteiger partial charge in [0.2, 0.25) is 0 Å². The summed E-state index contributed by atoms with van der Waals surface area (Å²) in [6.45, 7) is 4.04. The number of nitrogens with zero attached hydrogens (tertiary/aromatic N) is 2. The first kappa shape index (κ1) is 14.3. The lowest BCUT2D eigenvalue weighted by molar-refractivity contribution is 0.673. The van der Waals surface area contributed by atoms with Crippen molar-refractivity contribution in [2.45, 2.75) is 29.9 Å². The van der Waals surface area contributed by atoms with Gasteiger partial charge in [-0.05, 0) is 48.5 Å². The first-order valence-electron chi connectivity index (χ1n) is 6.23. The van der Waals surface area contributed by atoms with Crippen LogP contribution in [-0.2, 0) is 6.54 Å². The summed E-state index contributed by atoms with van der Waals surface area (Å²) < 4.78 is 0. The van der Waals surface area contributed by atoms with Crippen LogP contribution in [-0.4, -0.2) is 16.5 Å². The highest BCUT2D eigenvalue weighted by Crippen LogP contribution is 2.29. The molecule has 1 N–H and O–H groups in total. The minimum Gasteiger partial charge on any atom is -0.313 e. The molecule has 0 fully saturated rings. The van der Waals surface area contributed by atoms with Crippen molar-refractivity contribution in [3.63, 3.8) is 0 Å². The van der Waals surface area contributed by atoms with Crippen molar-refractivity contribution in [3.05, 3.63) is 47.2 Å². The summed E-state index contributed by atoms with van der Waals surface area (Å²) >= 11 is 7.55. The van der Waals surface area contributed by atoms with Crippen LogP contribution in [0.25, 0.3) is 0 Å². The fourth-order valence-corrected chi connectivity index (χ4v) is 2.49. The van der Waals surface area contributed by atoms with Gasteiger partial charge in [0.15, 0.2) is 0 Å². The summed E-state index contributed by atoms with van der Waals surface area (Å²) in [6.07, 6.45) is 4.76. The molecular weight excluding hydrogens is 278 g/mol. The van der Waals surface area contributed by atoms with Crippen molar-refractivity contribution >= 4 is 23.4 Å². The molecule has 0 amide bonds. The number of halogens is 1. The summed E-state index contributed by atoms with van der Waals surface area (Å²) in [5.74, 6) is 0. The van der Waals surface area contributed by atoms with Crippen LogP contribution < -0.4 is 5.32 Å². The van der Waals surface area contributed by atoms with Gasteiger partial charge in [-0.25, -0.2) is 9.97 Å². The number of pyridine rings is 2. The van der Waals surface area contributed by atoms with E-state index < -0.39 is 0 Å². The van der Waals surface area contributed by atoms with Crippen LogP contribution in [0.1, 0.15) is 18.9 Å². The van der Waals surface area contributed by atoms with Gasteiger partial charge < -0.3 is 5.32 Å². The van der Waals surface area contributed by atoms with E-state index in [1.54, 1.807) is 6.20 Å². The molecule has 0 aliphatic heterocycles. The van der Waals surface area contributed by atoms with Gasteiger partial charge in [0.05, 0.1) is 5.02 Å². The van der Waals surface area contributed by atoms with Crippen molar-refractivity contribution in [1.29, 1.82) is 0 Å². The Morgan fingerprint density at radius 3 is 2.84 bits per heavy atom. The predicted molar refractivity (Wildman–Crippen MR) is 79.6 cm³/mol. The largest absolute Gasteiger partial charge is 0.313 e. The van der Waals surface area contributed by atoms with E-state index in [9.17, 15) is 0 Å². The smallest absolute Gasteiger partial charge is 0.121 e. The van der Waals surface area contributed by atoms with E-state index in [1.807, 2.05) is 24.4 Å². The van der Waals surface area contributed by atoms with Gasteiger partial charge in [-0.15, -0.1) is 0 Å². The first-order valence-corrected chi connectivity index (χ1v) is 7.43. The van der Waals surface area contributed by atoms with Crippen LogP contribution in [0.5, 0.6) is 0 Å². The number of hydrogen-bond donors (Lipinski definition) is 1. The zero-order valence-corrected chi connectivity index (χ0v) is 12.3. The van der Waals surface area contributed by atoms with E-state index in [4.69, 9.17) is 11.6 Å². The monoisotopic (exact) mass is 293 g/mol. The maximum absolute atomic E-state index is 6.07. The Balaban J connectivity index is 1.97. The molecule has 0 saturated heterocycles. The highest BCUT2D eigenvalue weighted by Gasteiger charge is 2.04. The topological polar surface area (TPSA) is 37.8 Å². The number of nitrogens with one attached hydrogen (secondary N) is 1. The molecule has 2 heterocycles. The molecule has 0 atom stereocenters. The van der Waals surface area contributed by atoms with E-state index in [-0.39, 0.29) is 0 Å². The van der Waals surface area contributed by atoms with Gasteiger partial charge in [0.25, 0.3) is 0 Å². The maximum atomic E-state index is 6.07. The summed E-state index contributed by atoms with van der Waals surface area (Å²) in [6, 6.07) is 7.73. The maximum Gasteiger partial charge on any atom is 0.121 e. The van der Waals surface area contributed by atoms with Crippen LogP contribution in [0.3, 0.4) is 0 Å². The average molecular weight is 294 g/mol. The van der Waals surface area contributed by atoms with Crippen molar-refractivity contribution in [3.8, 4) is 0 Å². The fraction of sp³-hybridized carbons (Fsp3) is 0.286. The van der Waals surface area contributed by atoms with Crippen LogP contribution in [0.15, 0.2) is 46.7 Å².